The van der Waals surface area contributed by atoms with Gasteiger partial charge in [-0.2, -0.15) is 0 Å². The second-order valence-electron chi connectivity index (χ2n) is 5.35. The SMILES string of the molecule is O=[N+]([O-])c1ccc(N=Cc2ccc(C=Nc3ccc([N+](=O)[O-])cc3)s2)cc1.[Cl][Fe][Cl]. The number of rotatable bonds is 6. The van der Waals surface area contributed by atoms with Crippen LogP contribution in [0.4, 0.5) is 22.7 Å². The van der Waals surface area contributed by atoms with E-state index in [2.05, 4.69) is 9.98 Å². The van der Waals surface area contributed by atoms with Gasteiger partial charge in [-0.15, -0.1) is 11.3 Å². The van der Waals surface area contributed by atoms with E-state index in [9.17, 15) is 20.2 Å². The second-order valence-corrected chi connectivity index (χ2v) is 8.32. The van der Waals surface area contributed by atoms with Gasteiger partial charge in [0, 0.05) is 46.4 Å². The molecule has 0 amide bonds. The van der Waals surface area contributed by atoms with Crippen molar-refractivity contribution in [2.75, 3.05) is 0 Å². The Labute approximate surface area is 189 Å². The predicted octanol–water partition coefficient (Wildman–Crippen LogP) is 6.44. The third-order valence-electron chi connectivity index (χ3n) is 3.45. The number of hydrogen-bond acceptors (Lipinski definition) is 7. The van der Waals surface area contributed by atoms with Crippen molar-refractivity contribution < 1.29 is 23.0 Å². The molecule has 8 nitrogen and oxygen atoms in total. The summed E-state index contributed by atoms with van der Waals surface area (Å²) in [5, 5.41) is 21.3. The molecule has 0 saturated heterocycles. The first-order chi connectivity index (χ1) is 14.4. The van der Waals surface area contributed by atoms with Gasteiger partial charge < -0.3 is 0 Å². The van der Waals surface area contributed by atoms with Gasteiger partial charge in [-0.05, 0) is 36.4 Å². The van der Waals surface area contributed by atoms with Gasteiger partial charge in [0.15, 0.2) is 0 Å². The first kappa shape index (κ1) is 23.7. The fraction of sp³-hybridized carbons (Fsp3) is 0. The van der Waals surface area contributed by atoms with Crippen molar-refractivity contribution in [2.45, 2.75) is 0 Å². The summed E-state index contributed by atoms with van der Waals surface area (Å²) in [7, 11) is 9.53. The first-order valence-electron chi connectivity index (χ1n) is 7.95. The zero-order chi connectivity index (χ0) is 21.9. The van der Waals surface area contributed by atoms with Crippen LogP contribution >= 0.6 is 31.5 Å². The Kier molecular flexibility index (Phi) is 9.59. The van der Waals surface area contributed by atoms with Gasteiger partial charge in [-0.1, -0.05) is 0 Å². The van der Waals surface area contributed by atoms with Gasteiger partial charge in [0.2, 0.25) is 0 Å². The molecule has 156 valence electrons. The topological polar surface area (TPSA) is 111 Å². The second kappa shape index (κ2) is 12.2. The van der Waals surface area contributed by atoms with Gasteiger partial charge in [0.05, 0.1) is 21.2 Å². The number of hydrogen-bond donors (Lipinski definition) is 0. The number of non-ortho nitro benzene ring substituents is 2. The molecule has 3 aromatic rings. The molecule has 0 spiro atoms. The Bertz CT molecular complexity index is 975. The van der Waals surface area contributed by atoms with Crippen molar-refractivity contribution in [3.63, 3.8) is 0 Å². The zero-order valence-corrected chi connectivity index (χ0v) is 18.3. The molecular weight excluding hydrogens is 495 g/mol. The Morgan fingerprint density at radius 2 is 1.07 bits per heavy atom. The van der Waals surface area contributed by atoms with Gasteiger partial charge in [0.1, 0.15) is 0 Å². The van der Waals surface area contributed by atoms with Crippen molar-refractivity contribution >= 4 is 66.7 Å². The van der Waals surface area contributed by atoms with Crippen molar-refractivity contribution in [1.82, 2.24) is 0 Å². The number of nitro groups is 2. The summed E-state index contributed by atoms with van der Waals surface area (Å²) in [5.74, 6) is 0. The van der Waals surface area contributed by atoms with Crippen LogP contribution in [0.25, 0.3) is 0 Å². The molecule has 0 atom stereocenters. The molecule has 1 aromatic heterocycles. The number of halogens is 2. The van der Waals surface area contributed by atoms with Crippen molar-refractivity contribution in [3.05, 3.63) is 90.6 Å². The summed E-state index contributed by atoms with van der Waals surface area (Å²) in [6.07, 6.45) is 3.35. The van der Waals surface area contributed by atoms with Gasteiger partial charge in [0.25, 0.3) is 11.4 Å². The molecule has 0 bridgehead atoms. The zero-order valence-electron chi connectivity index (χ0n) is 14.9. The third-order valence-corrected chi connectivity index (χ3v) is 4.40. The summed E-state index contributed by atoms with van der Waals surface area (Å²) < 4.78 is 0. The van der Waals surface area contributed by atoms with Crippen LogP contribution in [0.15, 0.2) is 70.6 Å². The standard InChI is InChI=1S/C18H12N4O4S.2ClH.Fe/c23-21(24)15-5-1-13(2-6-15)19-11-17-9-10-18(27-17)12-20-14-3-7-16(8-4-14)22(25)26;;;/h1-12H;2*1H;/q;;;+2/p-2. The van der Waals surface area contributed by atoms with Crippen LogP contribution in [0.1, 0.15) is 9.75 Å². The van der Waals surface area contributed by atoms with Crippen LogP contribution in [0, 0.1) is 20.2 Å². The molecule has 0 N–H and O–H groups in total. The molecule has 1 heterocycles. The minimum atomic E-state index is -0.455. The Morgan fingerprint density at radius 3 is 1.37 bits per heavy atom. The van der Waals surface area contributed by atoms with E-state index in [0.29, 0.717) is 11.4 Å². The third kappa shape index (κ3) is 7.66. The average Bonchev–Trinajstić information content (AvgIpc) is 3.20. The van der Waals surface area contributed by atoms with Gasteiger partial charge in [-0.3, -0.25) is 30.2 Å². The van der Waals surface area contributed by atoms with Crippen molar-refractivity contribution in [3.8, 4) is 0 Å². The van der Waals surface area contributed by atoms with E-state index in [1.807, 2.05) is 12.1 Å². The molecule has 0 aliphatic carbocycles. The normalized spacial score (nSPS) is 10.9. The molecule has 0 aliphatic heterocycles. The van der Waals surface area contributed by atoms with E-state index in [-0.39, 0.29) is 24.5 Å². The van der Waals surface area contributed by atoms with Crippen LogP contribution in [-0.4, -0.2) is 22.3 Å². The Hall–Kier alpha value is -2.62. The van der Waals surface area contributed by atoms with Crippen LogP contribution in [0.2, 0.25) is 0 Å². The number of aliphatic imine (C=N–C) groups is 2. The van der Waals surface area contributed by atoms with Crippen LogP contribution in [0.5, 0.6) is 0 Å². The van der Waals surface area contributed by atoms with E-state index in [0.717, 1.165) is 9.75 Å². The number of benzene rings is 2. The quantitative estimate of drug-likeness (QED) is 0.165. The van der Waals surface area contributed by atoms with E-state index < -0.39 is 9.85 Å². The molecule has 0 saturated carbocycles. The first-order valence-corrected chi connectivity index (χ1v) is 11.8. The maximum absolute atomic E-state index is 10.6. The summed E-state index contributed by atoms with van der Waals surface area (Å²) in [6.45, 7) is 0. The number of nitrogens with zero attached hydrogens (tertiary/aromatic N) is 4. The summed E-state index contributed by atoms with van der Waals surface area (Å²) in [5.41, 5.74) is 1.29. The number of thiophene rings is 1. The van der Waals surface area contributed by atoms with Crippen molar-refractivity contribution in [2.24, 2.45) is 9.98 Å². The molecule has 2 aromatic carbocycles. The van der Waals surface area contributed by atoms with E-state index >= 15 is 0 Å². The predicted molar refractivity (Wildman–Crippen MR) is 117 cm³/mol. The van der Waals surface area contributed by atoms with E-state index in [1.54, 1.807) is 36.7 Å². The Balaban J connectivity index is 0.00000101. The van der Waals surface area contributed by atoms with E-state index in [4.69, 9.17) is 20.2 Å². The molecular formula is C18H12Cl2FeN4O4S. The van der Waals surface area contributed by atoms with Crippen LogP contribution in [0.3, 0.4) is 0 Å². The van der Waals surface area contributed by atoms with Gasteiger partial charge >= 0.3 is 33.3 Å². The fourth-order valence-corrected chi connectivity index (χ4v) is 2.86. The molecule has 0 aliphatic rings. The van der Waals surface area contributed by atoms with E-state index in [1.165, 1.54) is 35.6 Å². The molecule has 0 fully saturated rings. The summed E-state index contributed by atoms with van der Waals surface area (Å²) >= 11 is 1.67. The van der Waals surface area contributed by atoms with Crippen LogP contribution < -0.4 is 0 Å². The van der Waals surface area contributed by atoms with Crippen molar-refractivity contribution in [1.29, 1.82) is 0 Å². The fourth-order valence-electron chi connectivity index (χ4n) is 2.10. The molecule has 3 rings (SSSR count). The van der Waals surface area contributed by atoms with Gasteiger partial charge in [-0.25, -0.2) is 0 Å². The molecule has 0 radical (unpaired) electrons. The molecule has 0 unspecified atom stereocenters. The monoisotopic (exact) mass is 506 g/mol. The average molecular weight is 507 g/mol. The van der Waals surface area contributed by atoms with Crippen LogP contribution in [-0.2, 0) is 13.1 Å². The summed E-state index contributed by atoms with van der Waals surface area (Å²) in [4.78, 5) is 30.7. The minimum absolute atomic E-state index is 0.0230. The molecule has 30 heavy (non-hydrogen) atoms. The molecule has 12 heteroatoms. The summed E-state index contributed by atoms with van der Waals surface area (Å²) in [6, 6.07) is 15.7. The maximum atomic E-state index is 10.6. The Morgan fingerprint density at radius 1 is 0.733 bits per heavy atom. The number of nitro benzene ring substituents is 2.